The number of carbonyl (C=O) groups is 1. The summed E-state index contributed by atoms with van der Waals surface area (Å²) in [4.78, 5) is 16.2. The molecule has 0 N–H and O–H groups in total. The first-order valence-electron chi connectivity index (χ1n) is 8.88. The maximum Gasteiger partial charge on any atom is 0.338 e. The van der Waals surface area contributed by atoms with Crippen molar-refractivity contribution >= 4 is 29.2 Å². The van der Waals surface area contributed by atoms with Gasteiger partial charge in [-0.1, -0.05) is 47.5 Å². The zero-order valence-corrected chi connectivity index (χ0v) is 16.7. The SMILES string of the molecule is O=C(OC[C@@H]1CO[C@@](Cn2cncn2)(c2ccc(Cl)cc2Cl)O1)c1ccccc1. The van der Waals surface area contributed by atoms with Crippen molar-refractivity contribution in [3.63, 3.8) is 0 Å². The Morgan fingerprint density at radius 2 is 2.07 bits per heavy atom. The number of rotatable bonds is 6. The zero-order chi connectivity index (χ0) is 20.3. The first-order valence-corrected chi connectivity index (χ1v) is 9.63. The van der Waals surface area contributed by atoms with Gasteiger partial charge in [0.1, 0.15) is 31.9 Å². The van der Waals surface area contributed by atoms with Gasteiger partial charge in [-0.3, -0.25) is 0 Å². The van der Waals surface area contributed by atoms with Crippen LogP contribution in [0, 0.1) is 0 Å². The van der Waals surface area contributed by atoms with E-state index >= 15 is 0 Å². The molecule has 1 fully saturated rings. The molecule has 0 unspecified atom stereocenters. The van der Waals surface area contributed by atoms with Gasteiger partial charge in [0.05, 0.1) is 17.2 Å². The summed E-state index contributed by atoms with van der Waals surface area (Å²) in [7, 11) is 0. The topological polar surface area (TPSA) is 75.5 Å². The molecule has 2 heterocycles. The zero-order valence-electron chi connectivity index (χ0n) is 15.2. The molecule has 29 heavy (non-hydrogen) atoms. The Kier molecular flexibility index (Phi) is 5.82. The fourth-order valence-electron chi connectivity index (χ4n) is 3.11. The van der Waals surface area contributed by atoms with Gasteiger partial charge in [0.25, 0.3) is 0 Å². The molecule has 2 aromatic carbocycles. The number of carbonyl (C=O) groups excluding carboxylic acids is 1. The Bertz CT molecular complexity index is 985. The van der Waals surface area contributed by atoms with Crippen LogP contribution in [-0.4, -0.2) is 40.1 Å². The van der Waals surface area contributed by atoms with Crippen LogP contribution < -0.4 is 0 Å². The number of aromatic nitrogens is 3. The molecule has 0 amide bonds. The smallest absolute Gasteiger partial charge is 0.338 e. The summed E-state index contributed by atoms with van der Waals surface area (Å²) < 4.78 is 19.2. The molecule has 1 aliphatic rings. The van der Waals surface area contributed by atoms with Gasteiger partial charge >= 0.3 is 5.97 Å². The standard InChI is InChI=1S/C20H17Cl2N3O4/c21-15-6-7-17(18(22)8-15)20(11-25-13-23-12-24-25)28-10-16(29-20)9-27-19(26)14-4-2-1-3-5-14/h1-8,12-13,16H,9-11H2/t16-,20-/m1/s1. The van der Waals surface area contributed by atoms with Crippen molar-refractivity contribution in [1.82, 2.24) is 14.8 Å². The third-order valence-electron chi connectivity index (χ3n) is 4.45. The molecular formula is C20H17Cl2N3O4. The van der Waals surface area contributed by atoms with Gasteiger partial charge in [-0.25, -0.2) is 14.5 Å². The number of nitrogens with zero attached hydrogens (tertiary/aromatic N) is 3. The van der Waals surface area contributed by atoms with Crippen molar-refractivity contribution in [2.45, 2.75) is 18.4 Å². The summed E-state index contributed by atoms with van der Waals surface area (Å²) >= 11 is 12.5. The minimum atomic E-state index is -1.21. The number of hydrogen-bond acceptors (Lipinski definition) is 6. The fourth-order valence-corrected chi connectivity index (χ4v) is 3.66. The number of ether oxygens (including phenoxy) is 3. The summed E-state index contributed by atoms with van der Waals surface area (Å²) in [6.07, 6.45) is 2.50. The van der Waals surface area contributed by atoms with E-state index < -0.39 is 17.9 Å². The van der Waals surface area contributed by atoms with Crippen molar-refractivity contribution in [3.05, 3.63) is 82.4 Å². The van der Waals surface area contributed by atoms with Gasteiger partial charge in [0.15, 0.2) is 0 Å². The molecule has 150 valence electrons. The summed E-state index contributed by atoms with van der Waals surface area (Å²) in [6.45, 7) is 0.477. The van der Waals surface area contributed by atoms with Crippen LogP contribution in [0.2, 0.25) is 10.0 Å². The van der Waals surface area contributed by atoms with Gasteiger partial charge in [0, 0.05) is 10.6 Å². The van der Waals surface area contributed by atoms with E-state index in [9.17, 15) is 4.79 Å². The number of halogens is 2. The molecular weight excluding hydrogens is 417 g/mol. The minimum absolute atomic E-state index is 0.0397. The van der Waals surface area contributed by atoms with E-state index in [1.165, 1.54) is 6.33 Å². The molecule has 1 aliphatic heterocycles. The van der Waals surface area contributed by atoms with E-state index in [0.717, 1.165) is 0 Å². The molecule has 3 aromatic rings. The van der Waals surface area contributed by atoms with Gasteiger partial charge in [0.2, 0.25) is 5.79 Å². The van der Waals surface area contributed by atoms with Crippen LogP contribution in [0.25, 0.3) is 0 Å². The van der Waals surface area contributed by atoms with Crippen LogP contribution in [0.15, 0.2) is 61.2 Å². The maximum atomic E-state index is 12.2. The third kappa shape index (κ3) is 4.43. The average molecular weight is 434 g/mol. The minimum Gasteiger partial charge on any atom is -0.459 e. The molecule has 0 spiro atoms. The average Bonchev–Trinajstić information content (AvgIpc) is 3.37. The lowest BCUT2D eigenvalue weighted by Gasteiger charge is -2.29. The Balaban J connectivity index is 1.51. The van der Waals surface area contributed by atoms with E-state index in [4.69, 9.17) is 37.4 Å². The first-order chi connectivity index (χ1) is 14.1. The van der Waals surface area contributed by atoms with Crippen LogP contribution >= 0.6 is 23.2 Å². The van der Waals surface area contributed by atoms with Crippen LogP contribution in [0.5, 0.6) is 0 Å². The van der Waals surface area contributed by atoms with Gasteiger partial charge in [-0.05, 0) is 24.3 Å². The molecule has 2 atom stereocenters. The second-order valence-electron chi connectivity index (χ2n) is 6.49. The number of esters is 1. The molecule has 4 rings (SSSR count). The van der Waals surface area contributed by atoms with E-state index in [-0.39, 0.29) is 19.8 Å². The van der Waals surface area contributed by atoms with Crippen molar-refractivity contribution < 1.29 is 19.0 Å². The maximum absolute atomic E-state index is 12.2. The van der Waals surface area contributed by atoms with Crippen LogP contribution in [0.4, 0.5) is 0 Å². The van der Waals surface area contributed by atoms with Crippen molar-refractivity contribution in [2.75, 3.05) is 13.2 Å². The van der Waals surface area contributed by atoms with Crippen molar-refractivity contribution in [2.24, 2.45) is 0 Å². The van der Waals surface area contributed by atoms with Crippen LogP contribution in [0.1, 0.15) is 15.9 Å². The summed E-state index contributed by atoms with van der Waals surface area (Å²) in [5.41, 5.74) is 1.08. The summed E-state index contributed by atoms with van der Waals surface area (Å²) in [6, 6.07) is 13.8. The Labute approximate surface area is 177 Å². The Hall–Kier alpha value is -2.45. The Morgan fingerprint density at radius 3 is 2.79 bits per heavy atom. The molecule has 1 aromatic heterocycles. The fraction of sp³-hybridized carbons (Fsp3) is 0.250. The third-order valence-corrected chi connectivity index (χ3v) is 5.00. The van der Waals surface area contributed by atoms with Gasteiger partial charge < -0.3 is 14.2 Å². The molecule has 0 saturated carbocycles. The van der Waals surface area contributed by atoms with Crippen molar-refractivity contribution in [3.8, 4) is 0 Å². The normalized spacial score (nSPS) is 21.2. The lowest BCUT2D eigenvalue weighted by atomic mass is 10.1. The quantitative estimate of drug-likeness (QED) is 0.551. The predicted octanol–water partition coefficient (Wildman–Crippen LogP) is 3.71. The summed E-state index contributed by atoms with van der Waals surface area (Å²) in [5, 5.41) is 5.03. The second kappa shape index (κ2) is 8.51. The molecule has 0 aliphatic carbocycles. The van der Waals surface area contributed by atoms with Crippen LogP contribution in [-0.2, 0) is 26.5 Å². The second-order valence-corrected chi connectivity index (χ2v) is 7.33. The Morgan fingerprint density at radius 1 is 1.24 bits per heavy atom. The highest BCUT2D eigenvalue weighted by Gasteiger charge is 2.45. The molecule has 1 saturated heterocycles. The van der Waals surface area contributed by atoms with Gasteiger partial charge in [-0.2, -0.15) is 5.10 Å². The van der Waals surface area contributed by atoms with Gasteiger partial charge in [-0.15, -0.1) is 0 Å². The van der Waals surface area contributed by atoms with E-state index in [0.29, 0.717) is 21.2 Å². The largest absolute Gasteiger partial charge is 0.459 e. The number of benzene rings is 2. The summed E-state index contributed by atoms with van der Waals surface area (Å²) in [5.74, 6) is -1.63. The highest BCUT2D eigenvalue weighted by molar-refractivity contribution is 6.35. The first kappa shape index (κ1) is 19.8. The highest BCUT2D eigenvalue weighted by Crippen LogP contribution is 2.40. The highest BCUT2D eigenvalue weighted by atomic mass is 35.5. The van der Waals surface area contributed by atoms with Crippen LogP contribution in [0.3, 0.4) is 0 Å². The number of hydrogen-bond donors (Lipinski definition) is 0. The molecule has 0 radical (unpaired) electrons. The monoisotopic (exact) mass is 433 g/mol. The van der Waals surface area contributed by atoms with Crippen molar-refractivity contribution in [1.29, 1.82) is 0 Å². The lowest BCUT2D eigenvalue weighted by molar-refractivity contribution is -0.191. The lowest BCUT2D eigenvalue weighted by Crippen LogP contribution is -2.35. The van der Waals surface area contributed by atoms with E-state index in [2.05, 4.69) is 10.1 Å². The van der Waals surface area contributed by atoms with E-state index in [1.54, 1.807) is 53.5 Å². The molecule has 7 nitrogen and oxygen atoms in total. The molecule has 0 bridgehead atoms. The van der Waals surface area contributed by atoms with E-state index in [1.807, 2.05) is 6.07 Å². The predicted molar refractivity (Wildman–Crippen MR) is 106 cm³/mol. The molecule has 9 heteroatoms.